The summed E-state index contributed by atoms with van der Waals surface area (Å²) >= 11 is 0. The molecule has 2 fully saturated rings. The SMILES string of the molecule is CNCCC1CCN(C(=O)c2cc(C3CC3)nc3c2c(=O)[nH]n3C)CC1. The average molecular weight is 357 g/mol. The molecular weight excluding hydrogens is 330 g/mol. The largest absolute Gasteiger partial charge is 0.339 e. The van der Waals surface area contributed by atoms with Gasteiger partial charge in [-0.15, -0.1) is 0 Å². The zero-order chi connectivity index (χ0) is 18.3. The van der Waals surface area contributed by atoms with Crippen molar-refractivity contribution in [2.75, 3.05) is 26.7 Å². The number of likely N-dealkylation sites (tertiary alicyclic amines) is 1. The van der Waals surface area contributed by atoms with Gasteiger partial charge >= 0.3 is 0 Å². The average Bonchev–Trinajstić information content (AvgIpc) is 3.46. The highest BCUT2D eigenvalue weighted by Gasteiger charge is 2.31. The van der Waals surface area contributed by atoms with Crippen LogP contribution in [0.25, 0.3) is 11.0 Å². The second-order valence-electron chi connectivity index (χ2n) is 7.70. The summed E-state index contributed by atoms with van der Waals surface area (Å²) in [7, 11) is 3.75. The maximum Gasteiger partial charge on any atom is 0.274 e. The maximum atomic E-state index is 13.2. The molecule has 26 heavy (non-hydrogen) atoms. The van der Waals surface area contributed by atoms with Gasteiger partial charge in [-0.3, -0.25) is 19.4 Å². The van der Waals surface area contributed by atoms with Crippen molar-refractivity contribution in [3.8, 4) is 0 Å². The monoisotopic (exact) mass is 357 g/mol. The van der Waals surface area contributed by atoms with Gasteiger partial charge in [0.2, 0.25) is 0 Å². The topological polar surface area (TPSA) is 83.0 Å². The zero-order valence-electron chi connectivity index (χ0n) is 15.5. The number of fused-ring (bicyclic) bond motifs is 1. The lowest BCUT2D eigenvalue weighted by atomic mass is 9.93. The van der Waals surface area contributed by atoms with E-state index >= 15 is 0 Å². The second-order valence-corrected chi connectivity index (χ2v) is 7.70. The van der Waals surface area contributed by atoms with Crippen LogP contribution in [-0.2, 0) is 7.05 Å². The van der Waals surface area contributed by atoms with Crippen LogP contribution in [0.4, 0.5) is 0 Å². The van der Waals surface area contributed by atoms with E-state index in [4.69, 9.17) is 0 Å². The van der Waals surface area contributed by atoms with Gasteiger partial charge < -0.3 is 10.2 Å². The Morgan fingerprint density at radius 2 is 2.04 bits per heavy atom. The fourth-order valence-corrected chi connectivity index (χ4v) is 3.98. The fourth-order valence-electron chi connectivity index (χ4n) is 3.98. The number of nitrogens with one attached hydrogen (secondary N) is 2. The molecule has 0 radical (unpaired) electrons. The normalized spacial score (nSPS) is 18.6. The quantitative estimate of drug-likeness (QED) is 0.851. The third-order valence-electron chi connectivity index (χ3n) is 5.76. The van der Waals surface area contributed by atoms with Crippen molar-refractivity contribution in [3.05, 3.63) is 27.7 Å². The van der Waals surface area contributed by atoms with Crippen molar-refractivity contribution in [1.82, 2.24) is 25.0 Å². The van der Waals surface area contributed by atoms with Crippen LogP contribution in [0.3, 0.4) is 0 Å². The Kier molecular flexibility index (Phi) is 4.56. The summed E-state index contributed by atoms with van der Waals surface area (Å²) in [6.45, 7) is 2.55. The first kappa shape index (κ1) is 17.3. The summed E-state index contributed by atoms with van der Waals surface area (Å²) in [5, 5.41) is 6.38. The Hall–Kier alpha value is -2.15. The highest BCUT2D eigenvalue weighted by atomic mass is 16.2. The summed E-state index contributed by atoms with van der Waals surface area (Å²) in [6.07, 6.45) is 5.44. The molecule has 7 heteroatoms. The summed E-state index contributed by atoms with van der Waals surface area (Å²) in [6, 6.07) is 1.87. The van der Waals surface area contributed by atoms with E-state index in [0.717, 1.165) is 57.4 Å². The first-order valence-electron chi connectivity index (χ1n) is 9.62. The number of pyridine rings is 1. The van der Waals surface area contributed by atoms with E-state index in [-0.39, 0.29) is 11.5 Å². The molecule has 1 aliphatic carbocycles. The van der Waals surface area contributed by atoms with Gasteiger partial charge in [0.1, 0.15) is 0 Å². The van der Waals surface area contributed by atoms with E-state index in [0.29, 0.717) is 28.4 Å². The van der Waals surface area contributed by atoms with Crippen LogP contribution >= 0.6 is 0 Å². The number of carbonyl (C=O) groups is 1. The maximum absolute atomic E-state index is 13.2. The van der Waals surface area contributed by atoms with Gasteiger partial charge in [-0.25, -0.2) is 4.98 Å². The number of carbonyl (C=O) groups excluding carboxylic acids is 1. The Balaban J connectivity index is 1.62. The molecule has 1 amide bonds. The molecule has 2 aliphatic rings. The molecule has 1 saturated heterocycles. The van der Waals surface area contributed by atoms with Crippen LogP contribution in [-0.4, -0.2) is 52.3 Å². The van der Waals surface area contributed by atoms with E-state index < -0.39 is 0 Å². The number of aromatic nitrogens is 3. The lowest BCUT2D eigenvalue weighted by Crippen LogP contribution is -2.39. The Labute approximate surface area is 152 Å². The lowest BCUT2D eigenvalue weighted by molar-refractivity contribution is 0.0689. The number of hydrogen-bond acceptors (Lipinski definition) is 4. The van der Waals surface area contributed by atoms with Crippen molar-refractivity contribution in [2.24, 2.45) is 13.0 Å². The van der Waals surface area contributed by atoms with Gasteiger partial charge in [0.05, 0.1) is 10.9 Å². The predicted octanol–water partition coefficient (Wildman–Crippen LogP) is 1.60. The van der Waals surface area contributed by atoms with E-state index in [2.05, 4.69) is 15.4 Å². The molecule has 1 aliphatic heterocycles. The minimum Gasteiger partial charge on any atom is -0.339 e. The van der Waals surface area contributed by atoms with Crippen molar-refractivity contribution in [3.63, 3.8) is 0 Å². The fraction of sp³-hybridized carbons (Fsp3) is 0.632. The van der Waals surface area contributed by atoms with E-state index in [1.54, 1.807) is 11.7 Å². The summed E-state index contributed by atoms with van der Waals surface area (Å²) in [5.41, 5.74) is 1.82. The van der Waals surface area contributed by atoms with Crippen molar-refractivity contribution in [2.45, 2.75) is 38.0 Å². The number of piperidine rings is 1. The minimum atomic E-state index is -0.232. The summed E-state index contributed by atoms with van der Waals surface area (Å²) in [4.78, 5) is 32.2. The summed E-state index contributed by atoms with van der Waals surface area (Å²) in [5.74, 6) is 1.08. The van der Waals surface area contributed by atoms with E-state index in [9.17, 15) is 9.59 Å². The van der Waals surface area contributed by atoms with Gasteiger partial charge in [-0.2, -0.15) is 0 Å². The predicted molar refractivity (Wildman–Crippen MR) is 100 cm³/mol. The molecule has 2 N–H and O–H groups in total. The van der Waals surface area contributed by atoms with Crippen LogP contribution < -0.4 is 10.9 Å². The smallest absolute Gasteiger partial charge is 0.274 e. The number of H-pyrrole nitrogens is 1. The second kappa shape index (κ2) is 6.87. The first-order chi connectivity index (χ1) is 12.6. The molecule has 2 aromatic rings. The van der Waals surface area contributed by atoms with Crippen LogP contribution in [0.5, 0.6) is 0 Å². The molecule has 4 rings (SSSR count). The van der Waals surface area contributed by atoms with Crippen LogP contribution in [0, 0.1) is 5.92 Å². The number of amides is 1. The molecule has 140 valence electrons. The van der Waals surface area contributed by atoms with Gasteiger partial charge in [0.15, 0.2) is 5.65 Å². The molecule has 1 saturated carbocycles. The third kappa shape index (κ3) is 3.16. The van der Waals surface area contributed by atoms with Crippen molar-refractivity contribution >= 4 is 16.9 Å². The van der Waals surface area contributed by atoms with Gasteiger partial charge in [0, 0.05) is 31.7 Å². The molecule has 0 aromatic carbocycles. The number of hydrogen-bond donors (Lipinski definition) is 2. The molecule has 7 nitrogen and oxygen atoms in total. The number of nitrogens with zero attached hydrogens (tertiary/aromatic N) is 3. The molecule has 0 bridgehead atoms. The first-order valence-corrected chi connectivity index (χ1v) is 9.62. The zero-order valence-corrected chi connectivity index (χ0v) is 15.5. The van der Waals surface area contributed by atoms with E-state index in [1.165, 1.54) is 0 Å². The van der Waals surface area contributed by atoms with Crippen LogP contribution in [0.1, 0.15) is 54.1 Å². The molecule has 0 spiro atoms. The number of aromatic amines is 1. The van der Waals surface area contributed by atoms with E-state index in [1.807, 2.05) is 18.0 Å². The molecule has 2 aromatic heterocycles. The van der Waals surface area contributed by atoms with Crippen LogP contribution in [0.2, 0.25) is 0 Å². The standard InChI is InChI=1S/C19H27N5O2/c1-20-8-5-12-6-9-24(10-7-12)19(26)14-11-15(13-3-4-13)21-17-16(14)18(25)22-23(17)2/h11-13,20H,3-10H2,1-2H3,(H,22,25). The van der Waals surface area contributed by atoms with Gasteiger partial charge in [0.25, 0.3) is 11.5 Å². The third-order valence-corrected chi connectivity index (χ3v) is 5.76. The molecule has 3 heterocycles. The molecule has 0 unspecified atom stereocenters. The number of rotatable bonds is 5. The Bertz CT molecular complexity index is 872. The van der Waals surface area contributed by atoms with Gasteiger partial charge in [-0.1, -0.05) is 0 Å². The highest BCUT2D eigenvalue weighted by Crippen LogP contribution is 2.40. The molecular formula is C19H27N5O2. The minimum absolute atomic E-state index is 0.0249. The lowest BCUT2D eigenvalue weighted by Gasteiger charge is -2.32. The molecule has 0 atom stereocenters. The van der Waals surface area contributed by atoms with Gasteiger partial charge in [-0.05, 0) is 57.7 Å². The summed E-state index contributed by atoms with van der Waals surface area (Å²) < 4.78 is 1.63. The Morgan fingerprint density at radius 3 is 2.69 bits per heavy atom. The Morgan fingerprint density at radius 1 is 1.31 bits per heavy atom. The highest BCUT2D eigenvalue weighted by molar-refractivity contribution is 6.05. The van der Waals surface area contributed by atoms with Crippen molar-refractivity contribution < 1.29 is 4.79 Å². The van der Waals surface area contributed by atoms with Crippen LogP contribution in [0.15, 0.2) is 10.9 Å². The number of aryl methyl sites for hydroxylation is 1. The van der Waals surface area contributed by atoms with Crippen molar-refractivity contribution in [1.29, 1.82) is 0 Å².